The van der Waals surface area contributed by atoms with Crippen LogP contribution in [-0.4, -0.2) is 29.0 Å². The molecule has 0 bridgehead atoms. The number of rotatable bonds is 1. The molecule has 5 N–H and O–H groups in total. The zero-order valence-corrected chi connectivity index (χ0v) is 10.4. The van der Waals surface area contributed by atoms with Crippen molar-refractivity contribution in [3.63, 3.8) is 0 Å². The van der Waals surface area contributed by atoms with Gasteiger partial charge in [0.2, 0.25) is 5.96 Å². The second-order valence-corrected chi connectivity index (χ2v) is 2.75. The molecule has 2 amide bonds. The van der Waals surface area contributed by atoms with Gasteiger partial charge in [-0.3, -0.25) is 15.6 Å². The summed E-state index contributed by atoms with van der Waals surface area (Å²) in [5, 5.41) is 9.61. The molecule has 0 aliphatic rings. The van der Waals surface area contributed by atoms with Gasteiger partial charge in [0, 0.05) is 7.05 Å². The zero-order chi connectivity index (χ0) is 10.7. The lowest BCUT2D eigenvalue weighted by atomic mass is 10.4. The first kappa shape index (κ1) is 16.9. The number of carbonyl (C=O) groups excluding carboxylic acids is 1. The molecule has 0 aromatic carbocycles. The van der Waals surface area contributed by atoms with Crippen molar-refractivity contribution in [1.82, 2.24) is 15.3 Å². The Balaban J connectivity index is 0. The fourth-order valence-electron chi connectivity index (χ4n) is 0.996. The fourth-order valence-corrected chi connectivity index (χ4v) is 0.996. The molecule has 16 heavy (non-hydrogen) atoms. The Labute approximate surface area is 105 Å². The minimum absolute atomic E-state index is 0. The Hall–Kier alpha value is -1.47. The van der Waals surface area contributed by atoms with Crippen LogP contribution in [0, 0.1) is 12.3 Å². The SMILES string of the molecule is Cc1[nH]cnc1N(C)C(=N)NC(N)=O.Cl.Cl. The quantitative estimate of drug-likeness (QED) is 0.442. The number of aryl methyl sites for hydroxylation is 1. The molecule has 0 aliphatic carbocycles. The van der Waals surface area contributed by atoms with E-state index in [1.54, 1.807) is 7.05 Å². The number of imidazole rings is 1. The van der Waals surface area contributed by atoms with Crippen LogP contribution in [0.3, 0.4) is 0 Å². The summed E-state index contributed by atoms with van der Waals surface area (Å²) in [4.78, 5) is 18.7. The molecule has 1 rings (SSSR count). The van der Waals surface area contributed by atoms with E-state index in [2.05, 4.69) is 15.3 Å². The molecular formula is C7H14Cl2N6O. The number of H-pyrrole nitrogens is 1. The number of primary amides is 1. The topological polar surface area (TPSA) is 111 Å². The fraction of sp³-hybridized carbons (Fsp3) is 0.286. The molecule has 0 aliphatic heterocycles. The highest BCUT2D eigenvalue weighted by Crippen LogP contribution is 2.11. The van der Waals surface area contributed by atoms with Crippen molar-refractivity contribution in [1.29, 1.82) is 5.41 Å². The molecule has 1 aromatic rings. The Morgan fingerprint density at radius 3 is 2.56 bits per heavy atom. The molecule has 1 heterocycles. The summed E-state index contributed by atoms with van der Waals surface area (Å²) in [6.45, 7) is 1.82. The molecule has 7 nitrogen and oxygen atoms in total. The highest BCUT2D eigenvalue weighted by atomic mass is 35.5. The van der Waals surface area contributed by atoms with Gasteiger partial charge in [-0.15, -0.1) is 24.8 Å². The van der Waals surface area contributed by atoms with Crippen molar-refractivity contribution in [2.45, 2.75) is 6.92 Å². The Morgan fingerprint density at radius 2 is 2.19 bits per heavy atom. The summed E-state index contributed by atoms with van der Waals surface area (Å²) in [5.41, 5.74) is 5.69. The van der Waals surface area contributed by atoms with E-state index >= 15 is 0 Å². The van der Waals surface area contributed by atoms with Gasteiger partial charge in [-0.1, -0.05) is 0 Å². The number of guanidine groups is 1. The van der Waals surface area contributed by atoms with Crippen molar-refractivity contribution in [3.05, 3.63) is 12.0 Å². The monoisotopic (exact) mass is 268 g/mol. The van der Waals surface area contributed by atoms with Gasteiger partial charge in [0.1, 0.15) is 0 Å². The van der Waals surface area contributed by atoms with E-state index in [1.807, 2.05) is 6.92 Å². The van der Waals surface area contributed by atoms with Crippen molar-refractivity contribution in [2.75, 3.05) is 11.9 Å². The lowest BCUT2D eigenvalue weighted by Gasteiger charge is -2.17. The maximum absolute atomic E-state index is 10.5. The van der Waals surface area contributed by atoms with Crippen molar-refractivity contribution >= 4 is 42.6 Å². The number of anilines is 1. The minimum atomic E-state index is -0.768. The number of nitrogens with two attached hydrogens (primary N) is 1. The van der Waals surface area contributed by atoms with Gasteiger partial charge in [-0.25, -0.2) is 9.78 Å². The zero-order valence-electron chi connectivity index (χ0n) is 8.77. The Kier molecular flexibility index (Phi) is 7.32. The largest absolute Gasteiger partial charge is 0.351 e. The number of aromatic nitrogens is 2. The van der Waals surface area contributed by atoms with E-state index in [9.17, 15) is 4.79 Å². The number of halogens is 2. The van der Waals surface area contributed by atoms with Crippen LogP contribution in [0.15, 0.2) is 6.33 Å². The standard InChI is InChI=1S/C7H12N6O.2ClH/c1-4-5(11-3-10-4)13(2)6(8)12-7(9)14;;/h3H,1-2H3,(H,10,11)(H4,8,9,12,14);2*1H. The normalized spacial score (nSPS) is 8.38. The highest BCUT2D eigenvalue weighted by Gasteiger charge is 2.12. The second kappa shape index (κ2) is 6.91. The summed E-state index contributed by atoms with van der Waals surface area (Å²) >= 11 is 0. The molecule has 0 unspecified atom stereocenters. The first-order valence-corrected chi connectivity index (χ1v) is 3.91. The predicted octanol–water partition coefficient (Wildman–Crippen LogP) is 0.601. The van der Waals surface area contributed by atoms with Crippen LogP contribution >= 0.6 is 24.8 Å². The number of hydrogen-bond donors (Lipinski definition) is 4. The van der Waals surface area contributed by atoms with Crippen LogP contribution in [0.5, 0.6) is 0 Å². The van der Waals surface area contributed by atoms with E-state index in [0.717, 1.165) is 5.69 Å². The van der Waals surface area contributed by atoms with Crippen molar-refractivity contribution < 1.29 is 4.79 Å². The van der Waals surface area contributed by atoms with E-state index in [-0.39, 0.29) is 30.8 Å². The third kappa shape index (κ3) is 3.95. The van der Waals surface area contributed by atoms with Gasteiger partial charge in [-0.05, 0) is 6.92 Å². The summed E-state index contributed by atoms with van der Waals surface area (Å²) in [6.07, 6.45) is 1.51. The molecular weight excluding hydrogens is 255 g/mol. The maximum Gasteiger partial charge on any atom is 0.318 e. The van der Waals surface area contributed by atoms with Crippen LogP contribution in [0.25, 0.3) is 0 Å². The van der Waals surface area contributed by atoms with E-state index in [0.29, 0.717) is 5.82 Å². The van der Waals surface area contributed by atoms with E-state index in [1.165, 1.54) is 11.2 Å². The number of amides is 2. The molecule has 9 heteroatoms. The number of nitrogens with zero attached hydrogens (tertiary/aromatic N) is 2. The summed E-state index contributed by atoms with van der Waals surface area (Å²) in [5.74, 6) is 0.455. The predicted molar refractivity (Wildman–Crippen MR) is 66.7 cm³/mol. The molecule has 0 radical (unpaired) electrons. The lowest BCUT2D eigenvalue weighted by Crippen LogP contribution is -2.44. The van der Waals surface area contributed by atoms with Crippen LogP contribution in [0.1, 0.15) is 5.69 Å². The number of urea groups is 1. The van der Waals surface area contributed by atoms with E-state index in [4.69, 9.17) is 11.1 Å². The highest BCUT2D eigenvalue weighted by molar-refractivity contribution is 6.02. The molecule has 92 valence electrons. The Bertz CT molecular complexity index is 366. The molecule has 1 aromatic heterocycles. The minimum Gasteiger partial charge on any atom is -0.351 e. The second-order valence-electron chi connectivity index (χ2n) is 2.75. The number of hydrogen-bond acceptors (Lipinski definition) is 3. The average molecular weight is 269 g/mol. The number of aromatic amines is 1. The molecule has 0 fully saturated rings. The third-order valence-electron chi connectivity index (χ3n) is 1.70. The summed E-state index contributed by atoms with van der Waals surface area (Å²) < 4.78 is 0. The maximum atomic E-state index is 10.5. The summed E-state index contributed by atoms with van der Waals surface area (Å²) in [7, 11) is 1.61. The lowest BCUT2D eigenvalue weighted by molar-refractivity contribution is 0.253. The van der Waals surface area contributed by atoms with Crippen LogP contribution in [0.4, 0.5) is 10.6 Å². The average Bonchev–Trinajstić information content (AvgIpc) is 2.48. The van der Waals surface area contributed by atoms with E-state index < -0.39 is 6.03 Å². The molecule has 0 atom stereocenters. The molecule has 0 spiro atoms. The van der Waals surface area contributed by atoms with Gasteiger partial charge >= 0.3 is 6.03 Å². The van der Waals surface area contributed by atoms with Crippen molar-refractivity contribution in [3.8, 4) is 0 Å². The number of carbonyl (C=O) groups is 1. The first-order chi connectivity index (χ1) is 6.52. The van der Waals surface area contributed by atoms with Crippen molar-refractivity contribution in [2.24, 2.45) is 5.73 Å². The van der Waals surface area contributed by atoms with Gasteiger partial charge in [-0.2, -0.15) is 0 Å². The Morgan fingerprint density at radius 1 is 1.62 bits per heavy atom. The van der Waals surface area contributed by atoms with Crippen LogP contribution in [0.2, 0.25) is 0 Å². The van der Waals surface area contributed by atoms with Crippen LogP contribution < -0.4 is 16.0 Å². The third-order valence-corrected chi connectivity index (χ3v) is 1.70. The first-order valence-electron chi connectivity index (χ1n) is 3.91. The summed E-state index contributed by atoms with van der Waals surface area (Å²) in [6, 6.07) is -0.768. The number of nitrogens with one attached hydrogen (secondary N) is 3. The molecule has 0 saturated carbocycles. The van der Waals surface area contributed by atoms with Gasteiger partial charge < -0.3 is 10.7 Å². The van der Waals surface area contributed by atoms with Gasteiger partial charge in [0.15, 0.2) is 5.82 Å². The van der Waals surface area contributed by atoms with Gasteiger partial charge in [0.25, 0.3) is 0 Å². The van der Waals surface area contributed by atoms with Gasteiger partial charge in [0.05, 0.1) is 12.0 Å². The smallest absolute Gasteiger partial charge is 0.318 e. The van der Waals surface area contributed by atoms with Crippen LogP contribution in [-0.2, 0) is 0 Å². The molecule has 0 saturated heterocycles.